The molecule has 38 heavy (non-hydrogen) atoms. The lowest BCUT2D eigenvalue weighted by Crippen LogP contribution is -2.47. The SMILES string of the molecule is COc1ccc(C(=O)CCCC(=O)N[C@H](CN2CCC(O)C2)[C@H](O)c2ccc(OCCCCF)cc2)cc1. The van der Waals surface area contributed by atoms with E-state index in [4.69, 9.17) is 9.47 Å². The predicted octanol–water partition coefficient (Wildman–Crippen LogP) is 3.46. The second kappa shape index (κ2) is 15.4. The third-order valence-corrected chi connectivity index (χ3v) is 6.67. The van der Waals surface area contributed by atoms with E-state index >= 15 is 0 Å². The van der Waals surface area contributed by atoms with Gasteiger partial charge in [0.15, 0.2) is 5.78 Å². The van der Waals surface area contributed by atoms with Crippen LogP contribution in [0.25, 0.3) is 0 Å². The molecule has 1 aliphatic heterocycles. The Hall–Kier alpha value is -3.01. The number of carbonyl (C=O) groups excluding carboxylic acids is 2. The molecule has 0 radical (unpaired) electrons. The molecule has 3 atom stereocenters. The number of amides is 1. The van der Waals surface area contributed by atoms with Crippen LogP contribution in [0.15, 0.2) is 48.5 Å². The van der Waals surface area contributed by atoms with Crippen molar-refractivity contribution in [3.63, 3.8) is 0 Å². The van der Waals surface area contributed by atoms with Gasteiger partial charge in [-0.05, 0) is 67.6 Å². The van der Waals surface area contributed by atoms with Crippen molar-refractivity contribution in [2.45, 2.75) is 56.8 Å². The zero-order valence-electron chi connectivity index (χ0n) is 22.0. The minimum absolute atomic E-state index is 0.0462. The molecule has 3 rings (SSSR count). The number of ether oxygens (including phenoxy) is 2. The van der Waals surface area contributed by atoms with Gasteiger partial charge in [0.25, 0.3) is 0 Å². The van der Waals surface area contributed by atoms with Crippen molar-refractivity contribution in [1.29, 1.82) is 0 Å². The van der Waals surface area contributed by atoms with Crippen LogP contribution >= 0.6 is 0 Å². The summed E-state index contributed by atoms with van der Waals surface area (Å²) >= 11 is 0. The molecule has 1 aliphatic rings. The van der Waals surface area contributed by atoms with Crippen LogP contribution in [0.2, 0.25) is 0 Å². The molecule has 8 nitrogen and oxygen atoms in total. The highest BCUT2D eigenvalue weighted by atomic mass is 19.1. The molecule has 1 unspecified atom stereocenters. The Bertz CT molecular complexity index is 1000. The first-order valence-electron chi connectivity index (χ1n) is 13.2. The van der Waals surface area contributed by atoms with Crippen molar-refractivity contribution in [3.8, 4) is 11.5 Å². The summed E-state index contributed by atoms with van der Waals surface area (Å²) in [5, 5.41) is 24.0. The molecule has 1 fully saturated rings. The molecule has 208 valence electrons. The number of halogens is 1. The van der Waals surface area contributed by atoms with Gasteiger partial charge in [-0.25, -0.2) is 0 Å². The molecular formula is C29H39FN2O6. The lowest BCUT2D eigenvalue weighted by Gasteiger charge is -2.29. The van der Waals surface area contributed by atoms with Crippen molar-refractivity contribution < 1.29 is 33.7 Å². The fourth-order valence-electron chi connectivity index (χ4n) is 4.47. The van der Waals surface area contributed by atoms with E-state index in [9.17, 15) is 24.2 Å². The Morgan fingerprint density at radius 1 is 1.05 bits per heavy atom. The van der Waals surface area contributed by atoms with Crippen LogP contribution in [-0.4, -0.2) is 79.0 Å². The summed E-state index contributed by atoms with van der Waals surface area (Å²) in [4.78, 5) is 27.3. The van der Waals surface area contributed by atoms with Crippen molar-refractivity contribution in [3.05, 3.63) is 59.7 Å². The number of methoxy groups -OCH3 is 1. The molecule has 1 amide bonds. The number of likely N-dealkylation sites (tertiary alicyclic amines) is 1. The summed E-state index contributed by atoms with van der Waals surface area (Å²) in [5.74, 6) is 1.01. The highest BCUT2D eigenvalue weighted by Crippen LogP contribution is 2.23. The number of alkyl halides is 1. The van der Waals surface area contributed by atoms with E-state index < -0.39 is 18.2 Å². The number of nitrogens with zero attached hydrogens (tertiary/aromatic N) is 1. The summed E-state index contributed by atoms with van der Waals surface area (Å²) < 4.78 is 23.0. The molecule has 0 spiro atoms. The smallest absolute Gasteiger partial charge is 0.220 e. The van der Waals surface area contributed by atoms with Gasteiger partial charge in [-0.2, -0.15) is 0 Å². The number of rotatable bonds is 16. The first kappa shape index (κ1) is 29.5. The second-order valence-electron chi connectivity index (χ2n) is 9.64. The Morgan fingerprint density at radius 3 is 2.39 bits per heavy atom. The van der Waals surface area contributed by atoms with Gasteiger partial charge in [0.2, 0.25) is 5.91 Å². The summed E-state index contributed by atoms with van der Waals surface area (Å²) in [6, 6.07) is 13.3. The molecule has 1 saturated heterocycles. The van der Waals surface area contributed by atoms with Crippen LogP contribution in [-0.2, 0) is 4.79 Å². The molecule has 2 aromatic carbocycles. The maximum atomic E-state index is 12.8. The number of carbonyl (C=O) groups is 2. The zero-order valence-corrected chi connectivity index (χ0v) is 22.0. The van der Waals surface area contributed by atoms with Crippen LogP contribution < -0.4 is 14.8 Å². The molecule has 0 saturated carbocycles. The molecule has 3 N–H and O–H groups in total. The Morgan fingerprint density at radius 2 is 1.76 bits per heavy atom. The number of hydrogen-bond donors (Lipinski definition) is 3. The number of β-amino-alcohol motifs (C(OH)–C–C–N with tert-alkyl or cyclic N) is 1. The van der Waals surface area contributed by atoms with Crippen LogP contribution in [0, 0.1) is 0 Å². The number of aliphatic hydroxyl groups is 2. The fraction of sp³-hybridized carbons (Fsp3) is 0.517. The third-order valence-electron chi connectivity index (χ3n) is 6.67. The van der Waals surface area contributed by atoms with Crippen LogP contribution in [0.3, 0.4) is 0 Å². The van der Waals surface area contributed by atoms with Gasteiger partial charge in [0.1, 0.15) is 17.6 Å². The molecular weight excluding hydrogens is 491 g/mol. The number of ketones is 1. The maximum absolute atomic E-state index is 12.8. The topological polar surface area (TPSA) is 108 Å². The van der Waals surface area contributed by atoms with E-state index in [-0.39, 0.29) is 31.2 Å². The predicted molar refractivity (Wildman–Crippen MR) is 142 cm³/mol. The third kappa shape index (κ3) is 9.38. The monoisotopic (exact) mass is 530 g/mol. The quantitative estimate of drug-likeness (QED) is 0.225. The number of benzene rings is 2. The minimum atomic E-state index is -0.974. The largest absolute Gasteiger partial charge is 0.497 e. The Kier molecular flexibility index (Phi) is 12.0. The van der Waals surface area contributed by atoms with Crippen molar-refractivity contribution in [1.82, 2.24) is 10.2 Å². The van der Waals surface area contributed by atoms with E-state index in [0.29, 0.717) is 74.6 Å². The van der Waals surface area contributed by atoms with Gasteiger partial charge in [0.05, 0.1) is 32.5 Å². The van der Waals surface area contributed by atoms with E-state index in [1.807, 2.05) is 4.90 Å². The van der Waals surface area contributed by atoms with Crippen LogP contribution in [0.4, 0.5) is 4.39 Å². The summed E-state index contributed by atoms with van der Waals surface area (Å²) in [5.41, 5.74) is 1.20. The number of hydrogen-bond acceptors (Lipinski definition) is 7. The first-order valence-corrected chi connectivity index (χ1v) is 13.2. The standard InChI is InChI=1S/C29H39FN2O6/c1-37-24-11-7-21(8-12-24)27(34)5-4-6-28(35)31-26(20-32-17-15-23(33)19-32)29(36)22-9-13-25(14-10-22)38-18-3-2-16-30/h7-14,23,26,29,33,36H,2-6,15-20H2,1H3,(H,31,35)/t23?,26-,29-/m1/s1. The summed E-state index contributed by atoms with van der Waals surface area (Å²) in [7, 11) is 1.56. The highest BCUT2D eigenvalue weighted by molar-refractivity contribution is 5.96. The molecule has 2 aromatic rings. The van der Waals surface area contributed by atoms with Crippen LogP contribution in [0.1, 0.15) is 60.6 Å². The Balaban J connectivity index is 1.55. The van der Waals surface area contributed by atoms with Gasteiger partial charge in [-0.1, -0.05) is 12.1 Å². The number of nitrogens with one attached hydrogen (secondary N) is 1. The van der Waals surface area contributed by atoms with Gasteiger partial charge >= 0.3 is 0 Å². The lowest BCUT2D eigenvalue weighted by molar-refractivity contribution is -0.123. The molecule has 0 aliphatic carbocycles. The van der Waals surface area contributed by atoms with E-state index in [1.54, 1.807) is 55.6 Å². The van der Waals surface area contributed by atoms with Gasteiger partial charge in [0, 0.05) is 38.0 Å². The average Bonchev–Trinajstić information content (AvgIpc) is 3.35. The molecule has 0 aromatic heterocycles. The lowest BCUT2D eigenvalue weighted by atomic mass is 10.0. The Labute approximate surface area is 223 Å². The second-order valence-corrected chi connectivity index (χ2v) is 9.64. The van der Waals surface area contributed by atoms with Gasteiger partial charge in [-0.3, -0.25) is 18.9 Å². The average molecular weight is 531 g/mol. The highest BCUT2D eigenvalue weighted by Gasteiger charge is 2.29. The zero-order chi connectivity index (χ0) is 27.3. The number of unbranched alkanes of at least 4 members (excludes halogenated alkanes) is 1. The van der Waals surface area contributed by atoms with E-state index in [1.165, 1.54) is 0 Å². The minimum Gasteiger partial charge on any atom is -0.497 e. The molecule has 1 heterocycles. The van der Waals surface area contributed by atoms with Crippen molar-refractivity contribution in [2.75, 3.05) is 40.0 Å². The number of aliphatic hydroxyl groups excluding tert-OH is 2. The van der Waals surface area contributed by atoms with Crippen molar-refractivity contribution in [2.24, 2.45) is 0 Å². The summed E-state index contributed by atoms with van der Waals surface area (Å²) in [6.45, 7) is 1.61. The fourth-order valence-corrected chi connectivity index (χ4v) is 4.47. The molecule has 0 bridgehead atoms. The molecule has 9 heteroatoms. The van der Waals surface area contributed by atoms with E-state index in [2.05, 4.69) is 5.32 Å². The van der Waals surface area contributed by atoms with Gasteiger partial charge < -0.3 is 25.0 Å². The maximum Gasteiger partial charge on any atom is 0.220 e. The van der Waals surface area contributed by atoms with Crippen LogP contribution in [0.5, 0.6) is 11.5 Å². The first-order chi connectivity index (χ1) is 18.4. The summed E-state index contributed by atoms with van der Waals surface area (Å²) in [6.07, 6.45) is 1.12. The van der Waals surface area contributed by atoms with E-state index in [0.717, 1.165) is 0 Å². The van der Waals surface area contributed by atoms with Crippen molar-refractivity contribution >= 4 is 11.7 Å². The number of Topliss-reactive ketones (excluding diaryl/α,β-unsaturated/α-hetero) is 1. The normalized spacial score (nSPS) is 17.1. The van der Waals surface area contributed by atoms with Gasteiger partial charge in [-0.15, -0.1) is 0 Å².